The molecule has 16 heavy (non-hydrogen) atoms. The molecule has 0 bridgehead atoms. The van der Waals surface area contributed by atoms with E-state index in [0.29, 0.717) is 6.42 Å². The van der Waals surface area contributed by atoms with Crippen LogP contribution in [0.25, 0.3) is 0 Å². The lowest BCUT2D eigenvalue weighted by Gasteiger charge is -2.17. The molecule has 0 aliphatic carbocycles. The summed E-state index contributed by atoms with van der Waals surface area (Å²) in [6, 6.07) is 1.98. The Morgan fingerprint density at radius 2 is 2.19 bits per heavy atom. The molecular formula is C11H18N2O2S. The van der Waals surface area contributed by atoms with E-state index < -0.39 is 9.84 Å². The first kappa shape index (κ1) is 13.1. The van der Waals surface area contributed by atoms with Gasteiger partial charge in [-0.15, -0.1) is 0 Å². The number of pyridine rings is 1. The van der Waals surface area contributed by atoms with Crippen LogP contribution in [0.15, 0.2) is 18.5 Å². The number of rotatable bonds is 5. The van der Waals surface area contributed by atoms with Gasteiger partial charge in [-0.05, 0) is 37.6 Å². The third-order valence-corrected chi connectivity index (χ3v) is 3.56. The Kier molecular flexibility index (Phi) is 4.44. The number of nitrogens with one attached hydrogen (secondary N) is 1. The van der Waals surface area contributed by atoms with Gasteiger partial charge in [0.25, 0.3) is 0 Å². The van der Waals surface area contributed by atoms with Crippen molar-refractivity contribution in [3.63, 3.8) is 0 Å². The molecule has 0 saturated carbocycles. The molecule has 0 saturated heterocycles. The van der Waals surface area contributed by atoms with E-state index >= 15 is 0 Å². The molecule has 1 aromatic heterocycles. The van der Waals surface area contributed by atoms with Crippen molar-refractivity contribution in [3.05, 3.63) is 29.6 Å². The van der Waals surface area contributed by atoms with Gasteiger partial charge in [0.05, 0.1) is 5.75 Å². The van der Waals surface area contributed by atoms with Crippen LogP contribution in [-0.2, 0) is 9.84 Å². The first-order valence-electron chi connectivity index (χ1n) is 5.19. The zero-order valence-corrected chi connectivity index (χ0v) is 10.7. The second kappa shape index (κ2) is 5.41. The van der Waals surface area contributed by atoms with Crippen LogP contribution in [0.4, 0.5) is 0 Å². The lowest BCUT2D eigenvalue weighted by Crippen LogP contribution is -2.20. The maximum Gasteiger partial charge on any atom is 0.147 e. The molecule has 1 aromatic rings. The van der Waals surface area contributed by atoms with E-state index in [9.17, 15) is 8.42 Å². The maximum absolute atomic E-state index is 11.1. The van der Waals surface area contributed by atoms with Crippen LogP contribution in [0.1, 0.15) is 23.6 Å². The Bertz CT molecular complexity index is 443. The fourth-order valence-electron chi connectivity index (χ4n) is 1.63. The van der Waals surface area contributed by atoms with Gasteiger partial charge in [0.15, 0.2) is 0 Å². The fraction of sp³-hybridized carbons (Fsp3) is 0.545. The highest BCUT2D eigenvalue weighted by Crippen LogP contribution is 2.19. The quantitative estimate of drug-likeness (QED) is 0.839. The van der Waals surface area contributed by atoms with Gasteiger partial charge in [-0.3, -0.25) is 4.98 Å². The van der Waals surface area contributed by atoms with E-state index in [1.807, 2.05) is 20.0 Å². The second-order valence-corrected chi connectivity index (χ2v) is 6.25. The molecule has 1 atom stereocenters. The minimum Gasteiger partial charge on any atom is -0.313 e. The van der Waals surface area contributed by atoms with Gasteiger partial charge in [0.2, 0.25) is 0 Å². The summed E-state index contributed by atoms with van der Waals surface area (Å²) in [4.78, 5) is 4.07. The summed E-state index contributed by atoms with van der Waals surface area (Å²) < 4.78 is 22.2. The van der Waals surface area contributed by atoms with Gasteiger partial charge in [-0.2, -0.15) is 0 Å². The van der Waals surface area contributed by atoms with Crippen molar-refractivity contribution in [3.8, 4) is 0 Å². The van der Waals surface area contributed by atoms with Crippen molar-refractivity contribution in [2.24, 2.45) is 0 Å². The van der Waals surface area contributed by atoms with Crippen molar-refractivity contribution in [1.29, 1.82) is 0 Å². The van der Waals surface area contributed by atoms with E-state index in [4.69, 9.17) is 0 Å². The van der Waals surface area contributed by atoms with Crippen LogP contribution in [-0.4, -0.2) is 32.5 Å². The summed E-state index contributed by atoms with van der Waals surface area (Å²) in [5, 5.41) is 3.13. The molecule has 90 valence electrons. The highest BCUT2D eigenvalue weighted by atomic mass is 32.2. The molecule has 1 unspecified atom stereocenters. The predicted molar refractivity (Wildman–Crippen MR) is 65.1 cm³/mol. The molecule has 0 spiro atoms. The minimum atomic E-state index is -2.91. The lowest BCUT2D eigenvalue weighted by atomic mass is 10.0. The predicted octanol–water partition coefficient (Wildman–Crippen LogP) is 1.09. The first-order valence-corrected chi connectivity index (χ1v) is 7.25. The Morgan fingerprint density at radius 3 is 2.69 bits per heavy atom. The summed E-state index contributed by atoms with van der Waals surface area (Å²) >= 11 is 0. The summed E-state index contributed by atoms with van der Waals surface area (Å²) in [6.45, 7) is 2.00. The van der Waals surface area contributed by atoms with E-state index in [1.165, 1.54) is 6.26 Å². The number of aromatic nitrogens is 1. The molecule has 0 aliphatic rings. The van der Waals surface area contributed by atoms with Gasteiger partial charge < -0.3 is 5.32 Å². The van der Waals surface area contributed by atoms with Crippen LogP contribution in [0.3, 0.4) is 0 Å². The van der Waals surface area contributed by atoms with Crippen molar-refractivity contribution < 1.29 is 8.42 Å². The molecule has 0 fully saturated rings. The van der Waals surface area contributed by atoms with E-state index in [-0.39, 0.29) is 11.8 Å². The molecule has 0 aliphatic heterocycles. The Morgan fingerprint density at radius 1 is 1.50 bits per heavy atom. The van der Waals surface area contributed by atoms with Crippen molar-refractivity contribution >= 4 is 9.84 Å². The van der Waals surface area contributed by atoms with Gasteiger partial charge in [-0.1, -0.05) is 0 Å². The van der Waals surface area contributed by atoms with Crippen molar-refractivity contribution in [2.75, 3.05) is 19.1 Å². The molecule has 0 radical (unpaired) electrons. The molecule has 1 N–H and O–H groups in total. The van der Waals surface area contributed by atoms with E-state index in [2.05, 4.69) is 10.3 Å². The van der Waals surface area contributed by atoms with Crippen LogP contribution in [0.5, 0.6) is 0 Å². The monoisotopic (exact) mass is 242 g/mol. The zero-order chi connectivity index (χ0) is 12.2. The number of nitrogens with zero attached hydrogens (tertiary/aromatic N) is 1. The van der Waals surface area contributed by atoms with Gasteiger partial charge >= 0.3 is 0 Å². The maximum atomic E-state index is 11.1. The van der Waals surface area contributed by atoms with Crippen LogP contribution >= 0.6 is 0 Å². The summed E-state index contributed by atoms with van der Waals surface area (Å²) in [5.41, 5.74) is 2.19. The third kappa shape index (κ3) is 3.90. The highest BCUT2D eigenvalue weighted by Gasteiger charge is 2.14. The van der Waals surface area contributed by atoms with Crippen molar-refractivity contribution in [1.82, 2.24) is 10.3 Å². The highest BCUT2D eigenvalue weighted by molar-refractivity contribution is 7.90. The Hall–Kier alpha value is -0.940. The normalized spacial score (nSPS) is 13.7. The second-order valence-electron chi connectivity index (χ2n) is 3.99. The number of hydrogen-bond acceptors (Lipinski definition) is 4. The molecule has 1 heterocycles. The SMILES string of the molecule is CNC(CCS(C)(=O)=O)c1cnccc1C. The van der Waals surface area contributed by atoms with Crippen molar-refractivity contribution in [2.45, 2.75) is 19.4 Å². The standard InChI is InChI=1S/C11H18N2O2S/c1-9-4-6-13-8-10(9)11(12-2)5-7-16(3,14)15/h4,6,8,11-12H,5,7H2,1-3H3. The zero-order valence-electron chi connectivity index (χ0n) is 9.90. The van der Waals surface area contributed by atoms with E-state index in [1.54, 1.807) is 12.4 Å². The molecular weight excluding hydrogens is 224 g/mol. The summed E-state index contributed by atoms with van der Waals surface area (Å²) in [5.74, 6) is 0.187. The van der Waals surface area contributed by atoms with Crippen LogP contribution in [0.2, 0.25) is 0 Å². The topological polar surface area (TPSA) is 59.1 Å². The van der Waals surface area contributed by atoms with Crippen LogP contribution in [0, 0.1) is 6.92 Å². The van der Waals surface area contributed by atoms with Crippen LogP contribution < -0.4 is 5.32 Å². The number of aryl methyl sites for hydroxylation is 1. The fourth-order valence-corrected chi connectivity index (χ4v) is 2.29. The number of sulfone groups is 1. The summed E-state index contributed by atoms with van der Waals surface area (Å²) in [6.07, 6.45) is 5.36. The Labute approximate surface area is 97.0 Å². The summed E-state index contributed by atoms with van der Waals surface area (Å²) in [7, 11) is -1.08. The minimum absolute atomic E-state index is 0.0448. The average molecular weight is 242 g/mol. The molecule has 1 rings (SSSR count). The molecule has 0 amide bonds. The molecule has 4 nitrogen and oxygen atoms in total. The van der Waals surface area contributed by atoms with Gasteiger partial charge in [-0.25, -0.2) is 8.42 Å². The lowest BCUT2D eigenvalue weighted by molar-refractivity contribution is 0.556. The third-order valence-electron chi connectivity index (χ3n) is 2.58. The van der Waals surface area contributed by atoms with Gasteiger partial charge in [0.1, 0.15) is 9.84 Å². The van der Waals surface area contributed by atoms with Gasteiger partial charge in [0, 0.05) is 24.7 Å². The van der Waals surface area contributed by atoms with E-state index in [0.717, 1.165) is 11.1 Å². The molecule has 0 aromatic carbocycles. The largest absolute Gasteiger partial charge is 0.313 e. The molecule has 5 heteroatoms. The Balaban J connectivity index is 2.79. The number of hydrogen-bond donors (Lipinski definition) is 1. The smallest absolute Gasteiger partial charge is 0.147 e. The average Bonchev–Trinajstić information content (AvgIpc) is 2.20. The first-order chi connectivity index (χ1) is 7.44.